The minimum Gasteiger partial charge on any atom is -0.495 e. The first-order chi connectivity index (χ1) is 7.88. The lowest BCUT2D eigenvalue weighted by Crippen LogP contribution is -2.11. The molecule has 0 bridgehead atoms. The Labute approximate surface area is 125 Å². The fourth-order valence-electron chi connectivity index (χ4n) is 1.62. The normalized spacial score (nSPS) is 14.8. The van der Waals surface area contributed by atoms with E-state index >= 15 is 0 Å². The van der Waals surface area contributed by atoms with Crippen LogP contribution in [-0.2, 0) is 0 Å². The molecule has 0 heterocycles. The predicted molar refractivity (Wildman–Crippen MR) is 81.4 cm³/mol. The third-order valence-electron chi connectivity index (χ3n) is 3.05. The van der Waals surface area contributed by atoms with E-state index in [1.54, 1.807) is 7.11 Å². The molecule has 0 saturated heterocycles. The first-order valence-corrected chi connectivity index (χ1v) is 7.64. The summed E-state index contributed by atoms with van der Waals surface area (Å²) in [6.07, 6.45) is 0. The number of hydrogen-bond acceptors (Lipinski definition) is 1. The quantitative estimate of drug-likeness (QED) is 0.593. The summed E-state index contributed by atoms with van der Waals surface area (Å²) in [7, 11) is 1.68. The number of ether oxygens (including phenoxy) is 1. The molecule has 1 aromatic carbocycles. The lowest BCUT2D eigenvalue weighted by atomic mass is 9.90. The van der Waals surface area contributed by atoms with Crippen LogP contribution in [0.5, 0.6) is 5.75 Å². The zero-order valence-corrected chi connectivity index (χ0v) is 14.4. The number of rotatable bonds is 4. The highest BCUT2D eigenvalue weighted by molar-refractivity contribution is 9.10. The summed E-state index contributed by atoms with van der Waals surface area (Å²) in [5, 5.41) is 0.716. The van der Waals surface area contributed by atoms with E-state index in [9.17, 15) is 0 Å². The van der Waals surface area contributed by atoms with Crippen LogP contribution in [0.25, 0.3) is 0 Å². The van der Waals surface area contributed by atoms with E-state index in [1.165, 1.54) is 0 Å². The van der Waals surface area contributed by atoms with Crippen molar-refractivity contribution in [1.29, 1.82) is 0 Å². The van der Waals surface area contributed by atoms with Gasteiger partial charge in [0.25, 0.3) is 0 Å². The van der Waals surface area contributed by atoms with Crippen molar-refractivity contribution in [2.24, 2.45) is 11.8 Å². The Hall–Kier alpha value is 0.270. The number of methoxy groups -OCH3 is 1. The van der Waals surface area contributed by atoms with Gasteiger partial charge in [0, 0.05) is 15.4 Å². The first-order valence-electron chi connectivity index (χ1n) is 5.55. The molecule has 2 unspecified atom stereocenters. The molecular weight excluding hydrogens is 367 g/mol. The molecule has 0 aromatic heterocycles. The molecule has 0 amide bonds. The van der Waals surface area contributed by atoms with Crippen molar-refractivity contribution in [2.45, 2.75) is 25.6 Å². The Morgan fingerprint density at radius 1 is 1.24 bits per heavy atom. The summed E-state index contributed by atoms with van der Waals surface area (Å²) in [5.74, 6) is 1.93. The molecule has 1 nitrogen and oxygen atoms in total. The van der Waals surface area contributed by atoms with Gasteiger partial charge in [0.2, 0.25) is 0 Å². The van der Waals surface area contributed by atoms with Gasteiger partial charge in [-0.05, 0) is 39.9 Å². The average Bonchev–Trinajstić information content (AvgIpc) is 2.25. The van der Waals surface area contributed by atoms with Gasteiger partial charge in [-0.25, -0.2) is 0 Å². The van der Waals surface area contributed by atoms with Crippen molar-refractivity contribution in [1.82, 2.24) is 0 Å². The van der Waals surface area contributed by atoms with E-state index in [-0.39, 0.29) is 4.83 Å². The molecular formula is C13H17Br2ClO. The second-order valence-electron chi connectivity index (χ2n) is 4.51. The van der Waals surface area contributed by atoms with Crippen LogP contribution < -0.4 is 4.74 Å². The van der Waals surface area contributed by atoms with Crippen molar-refractivity contribution in [3.8, 4) is 5.75 Å². The van der Waals surface area contributed by atoms with E-state index in [2.05, 4.69) is 52.6 Å². The first kappa shape index (κ1) is 15.3. The molecule has 0 spiro atoms. The zero-order valence-electron chi connectivity index (χ0n) is 10.4. The molecule has 0 aliphatic rings. The molecule has 0 N–H and O–H groups in total. The Bertz CT molecular complexity index is 393. The Kier molecular flexibility index (Phi) is 5.81. The van der Waals surface area contributed by atoms with Crippen LogP contribution in [0.3, 0.4) is 0 Å². The van der Waals surface area contributed by atoms with Gasteiger partial charge in [-0.3, -0.25) is 0 Å². The zero-order chi connectivity index (χ0) is 13.2. The van der Waals surface area contributed by atoms with Crippen LogP contribution in [0.15, 0.2) is 16.6 Å². The van der Waals surface area contributed by atoms with Gasteiger partial charge in [0.05, 0.1) is 11.6 Å². The summed E-state index contributed by atoms with van der Waals surface area (Å²) in [5.41, 5.74) is 1.09. The lowest BCUT2D eigenvalue weighted by Gasteiger charge is -2.24. The van der Waals surface area contributed by atoms with Gasteiger partial charge >= 0.3 is 0 Å². The SMILES string of the molecule is COc1c(Br)cc(Cl)cc1C(Br)C(C)C(C)C. The van der Waals surface area contributed by atoms with Gasteiger partial charge in [0.15, 0.2) is 0 Å². The van der Waals surface area contributed by atoms with Gasteiger partial charge in [-0.2, -0.15) is 0 Å². The number of alkyl halides is 1. The summed E-state index contributed by atoms with van der Waals surface area (Å²) >= 11 is 13.3. The fraction of sp³-hybridized carbons (Fsp3) is 0.538. The predicted octanol–water partition coefficient (Wildman–Crippen LogP) is 5.84. The summed E-state index contributed by atoms with van der Waals surface area (Å²) in [4.78, 5) is 0.229. The highest BCUT2D eigenvalue weighted by Gasteiger charge is 2.24. The van der Waals surface area contributed by atoms with Crippen molar-refractivity contribution in [3.63, 3.8) is 0 Å². The third-order valence-corrected chi connectivity index (χ3v) is 5.19. The highest BCUT2D eigenvalue weighted by atomic mass is 79.9. The van der Waals surface area contributed by atoms with Crippen LogP contribution in [-0.4, -0.2) is 7.11 Å². The van der Waals surface area contributed by atoms with E-state index < -0.39 is 0 Å². The van der Waals surface area contributed by atoms with Crippen molar-refractivity contribution >= 4 is 43.5 Å². The van der Waals surface area contributed by atoms with Gasteiger partial charge in [-0.15, -0.1) is 0 Å². The Morgan fingerprint density at radius 2 is 1.82 bits per heavy atom. The molecule has 1 aromatic rings. The second-order valence-corrected chi connectivity index (χ2v) is 6.79. The van der Waals surface area contributed by atoms with Crippen LogP contribution in [0.4, 0.5) is 0 Å². The van der Waals surface area contributed by atoms with Crippen LogP contribution in [0, 0.1) is 11.8 Å². The molecule has 17 heavy (non-hydrogen) atoms. The topological polar surface area (TPSA) is 9.23 Å². The maximum absolute atomic E-state index is 6.10. The van der Waals surface area contributed by atoms with Gasteiger partial charge < -0.3 is 4.74 Å². The lowest BCUT2D eigenvalue weighted by molar-refractivity contribution is 0.383. The highest BCUT2D eigenvalue weighted by Crippen LogP contribution is 2.44. The van der Waals surface area contributed by atoms with E-state index in [1.807, 2.05) is 12.1 Å². The molecule has 0 saturated carbocycles. The monoisotopic (exact) mass is 382 g/mol. The van der Waals surface area contributed by atoms with Crippen LogP contribution in [0.1, 0.15) is 31.2 Å². The average molecular weight is 385 g/mol. The fourth-order valence-corrected chi connectivity index (χ4v) is 3.57. The largest absolute Gasteiger partial charge is 0.495 e. The number of benzene rings is 1. The molecule has 0 radical (unpaired) electrons. The van der Waals surface area contributed by atoms with Crippen molar-refractivity contribution < 1.29 is 4.74 Å². The maximum Gasteiger partial charge on any atom is 0.137 e. The smallest absolute Gasteiger partial charge is 0.137 e. The van der Waals surface area contributed by atoms with Gasteiger partial charge in [-0.1, -0.05) is 48.3 Å². The van der Waals surface area contributed by atoms with Crippen molar-refractivity contribution in [2.75, 3.05) is 7.11 Å². The summed E-state index contributed by atoms with van der Waals surface area (Å²) in [6, 6.07) is 3.81. The molecule has 1 rings (SSSR count). The maximum atomic E-state index is 6.10. The summed E-state index contributed by atoms with van der Waals surface area (Å²) < 4.78 is 6.34. The molecule has 0 aliphatic carbocycles. The van der Waals surface area contributed by atoms with E-state index in [0.717, 1.165) is 15.8 Å². The minimum atomic E-state index is 0.229. The van der Waals surface area contributed by atoms with Gasteiger partial charge in [0.1, 0.15) is 5.75 Å². The molecule has 96 valence electrons. The number of halogens is 3. The second kappa shape index (κ2) is 6.44. The van der Waals surface area contributed by atoms with Crippen LogP contribution >= 0.6 is 43.5 Å². The summed E-state index contributed by atoms with van der Waals surface area (Å²) in [6.45, 7) is 6.65. The molecule has 0 fully saturated rings. The van der Waals surface area contributed by atoms with E-state index in [4.69, 9.17) is 16.3 Å². The van der Waals surface area contributed by atoms with Crippen molar-refractivity contribution in [3.05, 3.63) is 27.2 Å². The molecule has 4 heteroatoms. The molecule has 2 atom stereocenters. The van der Waals surface area contributed by atoms with E-state index in [0.29, 0.717) is 16.9 Å². The third kappa shape index (κ3) is 3.62. The standard InChI is InChI=1S/C13H17Br2ClO/c1-7(2)8(3)12(15)10-5-9(16)6-11(14)13(10)17-4/h5-8,12H,1-4H3. The number of hydrogen-bond donors (Lipinski definition) is 0. The Morgan fingerprint density at radius 3 is 2.29 bits per heavy atom. The molecule has 0 aliphatic heterocycles. The van der Waals surface area contributed by atoms with Crippen LogP contribution in [0.2, 0.25) is 5.02 Å². The minimum absolute atomic E-state index is 0.229. The Balaban J connectivity index is 3.20.